The van der Waals surface area contributed by atoms with Gasteiger partial charge < -0.3 is 19.8 Å². The van der Waals surface area contributed by atoms with Crippen molar-refractivity contribution in [3.05, 3.63) is 76.4 Å². The first-order chi connectivity index (χ1) is 18.8. The van der Waals surface area contributed by atoms with Gasteiger partial charge in [-0.3, -0.25) is 10.1 Å². The summed E-state index contributed by atoms with van der Waals surface area (Å²) in [5, 5.41) is 17.5. The fraction of sp³-hybridized carbons (Fsp3) is 0.200. The Labute approximate surface area is 233 Å². The molecule has 2 aromatic heterocycles. The predicted molar refractivity (Wildman–Crippen MR) is 146 cm³/mol. The van der Waals surface area contributed by atoms with Gasteiger partial charge in [0.2, 0.25) is 5.91 Å². The molecule has 0 radical (unpaired) electrons. The van der Waals surface area contributed by atoms with E-state index in [2.05, 4.69) is 36.1 Å². The zero-order valence-corrected chi connectivity index (χ0v) is 22.4. The third-order valence-corrected chi connectivity index (χ3v) is 5.88. The number of carbonyl (C=O) groups excluding carboxylic acids is 2. The number of hydrogen-bond acceptors (Lipinski definition) is 8. The molecule has 2 aromatic carbocycles. The number of nitrogens with zero attached hydrogens (tertiary/aromatic N) is 5. The molecule has 4 rings (SSSR count). The molecule has 2 heterocycles. The van der Waals surface area contributed by atoms with Gasteiger partial charge in [-0.1, -0.05) is 35.3 Å². The highest BCUT2D eigenvalue weighted by Gasteiger charge is 2.17. The standard InChI is InChI=1S/C25H24Cl2N8O4/c1-15(29-21(36)10-5-17-13-18(26)6-9-20(17)35-14-28-33-34-35)24-31-22(23(27)32-24)16-3-7-19(8-4-16)30-25(37)39-12-11-38-2/h3-10,13-15H,11-12H2,1-2H3,(H,29,36)(H,30,37)(H,31,32)/b10-5+/t15-/m0/s1. The molecule has 0 bridgehead atoms. The van der Waals surface area contributed by atoms with Crippen LogP contribution in [0.1, 0.15) is 24.4 Å². The Morgan fingerprint density at radius 2 is 1.95 bits per heavy atom. The number of imidazole rings is 1. The minimum Gasteiger partial charge on any atom is -0.447 e. The average Bonchev–Trinajstić information content (AvgIpc) is 3.58. The number of benzene rings is 2. The Morgan fingerprint density at radius 1 is 1.15 bits per heavy atom. The Hall–Kier alpha value is -4.26. The van der Waals surface area contributed by atoms with Crippen LogP contribution in [0.5, 0.6) is 0 Å². The van der Waals surface area contributed by atoms with Crippen molar-refractivity contribution in [3.8, 4) is 16.9 Å². The predicted octanol–water partition coefficient (Wildman–Crippen LogP) is 4.44. The molecule has 4 aromatic rings. The van der Waals surface area contributed by atoms with E-state index in [1.54, 1.807) is 55.5 Å². The molecular formula is C25H24Cl2N8O4. The summed E-state index contributed by atoms with van der Waals surface area (Å²) in [6.07, 6.45) is 3.87. The van der Waals surface area contributed by atoms with E-state index >= 15 is 0 Å². The number of methoxy groups -OCH3 is 1. The van der Waals surface area contributed by atoms with Gasteiger partial charge in [-0.05, 0) is 53.8 Å². The van der Waals surface area contributed by atoms with Crippen molar-refractivity contribution in [2.24, 2.45) is 0 Å². The molecule has 0 saturated heterocycles. The van der Waals surface area contributed by atoms with Gasteiger partial charge >= 0.3 is 6.09 Å². The van der Waals surface area contributed by atoms with Gasteiger partial charge in [0, 0.05) is 35.0 Å². The van der Waals surface area contributed by atoms with Crippen LogP contribution in [0.3, 0.4) is 0 Å². The topological polar surface area (TPSA) is 149 Å². The number of carbonyl (C=O) groups is 2. The molecule has 12 nitrogen and oxygen atoms in total. The van der Waals surface area contributed by atoms with Crippen molar-refractivity contribution >= 4 is 47.0 Å². The normalized spacial score (nSPS) is 11.9. The molecule has 14 heteroatoms. The molecule has 0 spiro atoms. The van der Waals surface area contributed by atoms with Gasteiger partial charge in [0.05, 0.1) is 18.3 Å². The first kappa shape index (κ1) is 27.8. The molecule has 0 aliphatic carbocycles. The quantitative estimate of drug-likeness (QED) is 0.187. The lowest BCUT2D eigenvalue weighted by molar-refractivity contribution is -0.117. The molecular weight excluding hydrogens is 547 g/mol. The number of aromatic amines is 1. The van der Waals surface area contributed by atoms with Crippen molar-refractivity contribution in [1.29, 1.82) is 0 Å². The number of ether oxygens (including phenoxy) is 2. The third kappa shape index (κ3) is 7.41. The van der Waals surface area contributed by atoms with Gasteiger partial charge in [-0.2, -0.15) is 4.68 Å². The second-order valence-electron chi connectivity index (χ2n) is 8.14. The molecule has 1 atom stereocenters. The minimum absolute atomic E-state index is 0.152. The number of H-pyrrole nitrogens is 1. The summed E-state index contributed by atoms with van der Waals surface area (Å²) in [6.45, 7) is 2.24. The maximum absolute atomic E-state index is 12.6. The molecule has 0 fully saturated rings. The van der Waals surface area contributed by atoms with Crippen molar-refractivity contribution in [1.82, 2.24) is 35.5 Å². The van der Waals surface area contributed by atoms with Gasteiger partial charge in [0.25, 0.3) is 0 Å². The molecule has 0 aliphatic rings. The molecule has 0 saturated carbocycles. The van der Waals surface area contributed by atoms with E-state index in [-0.39, 0.29) is 12.5 Å². The van der Waals surface area contributed by atoms with Crippen molar-refractivity contribution in [3.63, 3.8) is 0 Å². The second kappa shape index (κ2) is 13.0. The minimum atomic E-state index is -0.583. The van der Waals surface area contributed by atoms with Gasteiger partial charge in [0.15, 0.2) is 0 Å². The number of halogens is 2. The number of amides is 2. The van der Waals surface area contributed by atoms with Crippen LogP contribution in [0.2, 0.25) is 10.2 Å². The number of tetrazole rings is 1. The van der Waals surface area contributed by atoms with Crippen molar-refractivity contribution < 1.29 is 19.1 Å². The average molecular weight is 571 g/mol. The van der Waals surface area contributed by atoms with Crippen LogP contribution in [0.25, 0.3) is 23.0 Å². The van der Waals surface area contributed by atoms with E-state index in [9.17, 15) is 9.59 Å². The van der Waals surface area contributed by atoms with Crippen LogP contribution in [0.15, 0.2) is 54.9 Å². The van der Waals surface area contributed by atoms with E-state index in [4.69, 9.17) is 32.7 Å². The Kier molecular flexibility index (Phi) is 9.26. The highest BCUT2D eigenvalue weighted by atomic mass is 35.5. The molecule has 202 valence electrons. The highest BCUT2D eigenvalue weighted by molar-refractivity contribution is 6.32. The lowest BCUT2D eigenvalue weighted by Crippen LogP contribution is -2.25. The Bertz CT molecular complexity index is 1460. The number of rotatable bonds is 10. The third-order valence-electron chi connectivity index (χ3n) is 5.37. The van der Waals surface area contributed by atoms with Crippen LogP contribution in [-0.4, -0.2) is 62.5 Å². The number of aromatic nitrogens is 6. The smallest absolute Gasteiger partial charge is 0.411 e. The summed E-state index contributed by atoms with van der Waals surface area (Å²) in [7, 11) is 1.52. The zero-order chi connectivity index (χ0) is 27.8. The fourth-order valence-corrected chi connectivity index (χ4v) is 3.91. The summed E-state index contributed by atoms with van der Waals surface area (Å²) in [5.41, 5.74) is 3.08. The SMILES string of the molecule is COCCOC(=O)Nc1ccc(-c2nc([C@H](C)NC(=O)/C=C/c3cc(Cl)ccc3-n3cnnn3)[nH]c2Cl)cc1. The van der Waals surface area contributed by atoms with E-state index in [0.29, 0.717) is 45.2 Å². The zero-order valence-electron chi connectivity index (χ0n) is 20.9. The van der Waals surface area contributed by atoms with Crippen molar-refractivity contribution in [2.75, 3.05) is 25.6 Å². The summed E-state index contributed by atoms with van der Waals surface area (Å²) < 4.78 is 11.3. The highest BCUT2D eigenvalue weighted by Crippen LogP contribution is 2.28. The first-order valence-electron chi connectivity index (χ1n) is 11.6. The van der Waals surface area contributed by atoms with E-state index in [1.165, 1.54) is 24.2 Å². The van der Waals surface area contributed by atoms with Gasteiger partial charge in [-0.15, -0.1) is 5.10 Å². The van der Waals surface area contributed by atoms with Crippen molar-refractivity contribution in [2.45, 2.75) is 13.0 Å². The lowest BCUT2D eigenvalue weighted by atomic mass is 10.1. The van der Waals surface area contributed by atoms with Crippen LogP contribution < -0.4 is 10.6 Å². The summed E-state index contributed by atoms with van der Waals surface area (Å²) in [6, 6.07) is 11.6. The summed E-state index contributed by atoms with van der Waals surface area (Å²) in [5.74, 6) is 0.116. The molecule has 2 amide bonds. The second-order valence-corrected chi connectivity index (χ2v) is 8.95. The number of nitrogens with one attached hydrogen (secondary N) is 3. The van der Waals surface area contributed by atoms with Crippen LogP contribution in [-0.2, 0) is 14.3 Å². The first-order valence-corrected chi connectivity index (χ1v) is 12.4. The van der Waals surface area contributed by atoms with Crippen LogP contribution >= 0.6 is 23.2 Å². The summed E-state index contributed by atoms with van der Waals surface area (Å²) >= 11 is 12.5. The van der Waals surface area contributed by atoms with E-state index in [0.717, 1.165) is 5.56 Å². The molecule has 39 heavy (non-hydrogen) atoms. The van der Waals surface area contributed by atoms with Crippen LogP contribution in [0, 0.1) is 0 Å². The van der Waals surface area contributed by atoms with Gasteiger partial charge in [-0.25, -0.2) is 9.78 Å². The lowest BCUT2D eigenvalue weighted by Gasteiger charge is -2.10. The van der Waals surface area contributed by atoms with Gasteiger partial charge in [0.1, 0.15) is 29.6 Å². The number of anilines is 1. The maximum atomic E-state index is 12.6. The molecule has 0 unspecified atom stereocenters. The summed E-state index contributed by atoms with van der Waals surface area (Å²) in [4.78, 5) is 32.0. The Balaban J connectivity index is 1.39. The van der Waals surface area contributed by atoms with E-state index < -0.39 is 12.1 Å². The molecule has 0 aliphatic heterocycles. The largest absolute Gasteiger partial charge is 0.447 e. The van der Waals surface area contributed by atoms with E-state index in [1.807, 2.05) is 0 Å². The monoisotopic (exact) mass is 570 g/mol. The maximum Gasteiger partial charge on any atom is 0.411 e. The van der Waals surface area contributed by atoms with Crippen LogP contribution in [0.4, 0.5) is 10.5 Å². The number of hydrogen-bond donors (Lipinski definition) is 3. The molecule has 3 N–H and O–H groups in total. The fourth-order valence-electron chi connectivity index (χ4n) is 3.48. The Morgan fingerprint density at radius 3 is 2.67 bits per heavy atom.